The molecule has 0 radical (unpaired) electrons. The Labute approximate surface area is 126 Å². The van der Waals surface area contributed by atoms with Crippen molar-refractivity contribution >= 4 is 29.6 Å². The van der Waals surface area contributed by atoms with Crippen molar-refractivity contribution < 1.29 is 14.4 Å². The molecule has 1 N–H and O–H groups in total. The van der Waals surface area contributed by atoms with Gasteiger partial charge in [0.1, 0.15) is 5.57 Å². The Kier molecular flexibility index (Phi) is 3.34. The molecule has 3 rings (SSSR count). The largest absolute Gasteiger partial charge is 0.351 e. The highest BCUT2D eigenvalue weighted by atomic mass is 16.2. The molecule has 1 aromatic heterocycles. The van der Waals surface area contributed by atoms with Gasteiger partial charge in [0.15, 0.2) is 0 Å². The van der Waals surface area contributed by atoms with E-state index < -0.39 is 17.8 Å². The summed E-state index contributed by atoms with van der Waals surface area (Å²) in [5, 5.41) is 2.19. The summed E-state index contributed by atoms with van der Waals surface area (Å²) in [6, 6.07) is 11.3. The van der Waals surface area contributed by atoms with Gasteiger partial charge in [-0.3, -0.25) is 14.9 Å². The van der Waals surface area contributed by atoms with Crippen molar-refractivity contribution in [1.82, 2.24) is 9.88 Å². The molecule has 6 heteroatoms. The lowest BCUT2D eigenvalue weighted by molar-refractivity contribution is -0.122. The molecule has 1 saturated heterocycles. The van der Waals surface area contributed by atoms with Gasteiger partial charge < -0.3 is 4.57 Å². The van der Waals surface area contributed by atoms with Gasteiger partial charge in [0, 0.05) is 18.9 Å². The number of nitrogens with one attached hydrogen (secondary N) is 1. The number of para-hydroxylation sites is 1. The molecule has 1 fully saturated rings. The number of hydrogen-bond acceptors (Lipinski definition) is 3. The Balaban J connectivity index is 2.03. The number of imide groups is 2. The molecule has 1 aromatic carbocycles. The average Bonchev–Trinajstić information content (AvgIpc) is 2.89. The lowest BCUT2D eigenvalue weighted by atomic mass is 10.1. The zero-order valence-corrected chi connectivity index (χ0v) is 11.8. The summed E-state index contributed by atoms with van der Waals surface area (Å²) in [5.41, 5.74) is 1.03. The van der Waals surface area contributed by atoms with Gasteiger partial charge in [-0.15, -0.1) is 0 Å². The van der Waals surface area contributed by atoms with E-state index in [2.05, 4.69) is 5.32 Å². The van der Waals surface area contributed by atoms with Crippen molar-refractivity contribution in [3.8, 4) is 0 Å². The maximum absolute atomic E-state index is 12.6. The Hall–Kier alpha value is -3.15. The molecule has 0 bridgehead atoms. The topological polar surface area (TPSA) is 71.4 Å². The molecule has 2 heterocycles. The second kappa shape index (κ2) is 5.33. The molecule has 6 nitrogen and oxygen atoms in total. The molecule has 0 saturated carbocycles. The highest BCUT2D eigenvalue weighted by Gasteiger charge is 2.36. The van der Waals surface area contributed by atoms with E-state index in [1.807, 2.05) is 0 Å². The molecule has 0 atom stereocenters. The van der Waals surface area contributed by atoms with Crippen LogP contribution < -0.4 is 10.2 Å². The fourth-order valence-corrected chi connectivity index (χ4v) is 2.24. The maximum Gasteiger partial charge on any atom is 0.335 e. The Morgan fingerprint density at radius 3 is 2.36 bits per heavy atom. The van der Waals surface area contributed by atoms with Gasteiger partial charge in [0.25, 0.3) is 11.8 Å². The normalized spacial score (nSPS) is 17.0. The van der Waals surface area contributed by atoms with E-state index in [0.717, 1.165) is 4.90 Å². The lowest BCUT2D eigenvalue weighted by Crippen LogP contribution is -2.54. The van der Waals surface area contributed by atoms with E-state index in [1.165, 1.54) is 6.08 Å². The van der Waals surface area contributed by atoms with Gasteiger partial charge in [0.2, 0.25) is 0 Å². The van der Waals surface area contributed by atoms with E-state index >= 15 is 0 Å². The summed E-state index contributed by atoms with van der Waals surface area (Å²) in [7, 11) is 1.80. The predicted octanol–water partition coefficient (Wildman–Crippen LogP) is 1.69. The summed E-state index contributed by atoms with van der Waals surface area (Å²) < 4.78 is 1.77. The summed E-state index contributed by atoms with van der Waals surface area (Å²) >= 11 is 0. The van der Waals surface area contributed by atoms with Crippen LogP contribution in [-0.2, 0) is 16.6 Å². The van der Waals surface area contributed by atoms with Crippen LogP contribution in [0.5, 0.6) is 0 Å². The molecule has 0 aliphatic carbocycles. The van der Waals surface area contributed by atoms with Crippen molar-refractivity contribution in [1.29, 1.82) is 0 Å². The molecular weight excluding hydrogens is 282 g/mol. The van der Waals surface area contributed by atoms with Crippen LogP contribution in [0.2, 0.25) is 0 Å². The summed E-state index contributed by atoms with van der Waals surface area (Å²) in [5.74, 6) is -1.33. The molecule has 0 spiro atoms. The fourth-order valence-electron chi connectivity index (χ4n) is 2.24. The third-order valence-electron chi connectivity index (χ3n) is 3.39. The van der Waals surface area contributed by atoms with E-state index in [-0.39, 0.29) is 5.57 Å². The minimum absolute atomic E-state index is 0.0785. The van der Waals surface area contributed by atoms with Crippen molar-refractivity contribution in [2.24, 2.45) is 7.05 Å². The lowest BCUT2D eigenvalue weighted by Gasteiger charge is -2.26. The molecule has 0 unspecified atom stereocenters. The van der Waals surface area contributed by atoms with E-state index in [4.69, 9.17) is 0 Å². The number of hydrogen-bond donors (Lipinski definition) is 1. The predicted molar refractivity (Wildman–Crippen MR) is 80.9 cm³/mol. The van der Waals surface area contributed by atoms with Gasteiger partial charge in [-0.2, -0.15) is 0 Å². The van der Waals surface area contributed by atoms with Gasteiger partial charge in [-0.25, -0.2) is 9.69 Å². The van der Waals surface area contributed by atoms with Gasteiger partial charge in [0.05, 0.1) is 5.69 Å². The van der Waals surface area contributed by atoms with Crippen LogP contribution >= 0.6 is 0 Å². The first-order valence-corrected chi connectivity index (χ1v) is 6.66. The van der Waals surface area contributed by atoms with Gasteiger partial charge >= 0.3 is 6.03 Å². The zero-order chi connectivity index (χ0) is 15.7. The SMILES string of the molecule is Cn1cccc1C=C1C(=O)NC(=O)N(c2ccccc2)C1=O. The Morgan fingerprint density at radius 2 is 1.73 bits per heavy atom. The van der Waals surface area contributed by atoms with E-state index in [9.17, 15) is 14.4 Å². The number of amides is 4. The summed E-state index contributed by atoms with van der Waals surface area (Å²) in [6.07, 6.45) is 3.28. The monoisotopic (exact) mass is 295 g/mol. The van der Waals surface area contributed by atoms with Crippen LogP contribution in [0.4, 0.5) is 10.5 Å². The standard InChI is InChI=1S/C16H13N3O3/c1-18-9-5-8-12(18)10-13-14(20)17-16(22)19(15(13)21)11-6-3-2-4-7-11/h2-10H,1H3,(H,17,20,22). The van der Waals surface area contributed by atoms with Crippen LogP contribution in [-0.4, -0.2) is 22.4 Å². The van der Waals surface area contributed by atoms with Gasteiger partial charge in [-0.05, 0) is 30.3 Å². The van der Waals surface area contributed by atoms with Crippen molar-refractivity contribution in [3.05, 3.63) is 59.9 Å². The van der Waals surface area contributed by atoms with E-state index in [0.29, 0.717) is 11.4 Å². The molecular formula is C16H13N3O3. The molecule has 4 amide bonds. The van der Waals surface area contributed by atoms with Crippen LogP contribution in [0, 0.1) is 0 Å². The Morgan fingerprint density at radius 1 is 1.00 bits per heavy atom. The second-order valence-corrected chi connectivity index (χ2v) is 4.84. The number of rotatable bonds is 2. The first-order valence-electron chi connectivity index (χ1n) is 6.66. The van der Waals surface area contributed by atoms with Crippen molar-refractivity contribution in [3.63, 3.8) is 0 Å². The smallest absolute Gasteiger partial charge is 0.335 e. The number of urea groups is 1. The highest BCUT2D eigenvalue weighted by Crippen LogP contribution is 2.21. The number of barbiturate groups is 1. The average molecular weight is 295 g/mol. The van der Waals surface area contributed by atoms with Crippen LogP contribution in [0.1, 0.15) is 5.69 Å². The third kappa shape index (κ3) is 2.31. The van der Waals surface area contributed by atoms with E-state index in [1.54, 1.807) is 60.3 Å². The molecule has 2 aromatic rings. The first-order chi connectivity index (χ1) is 10.6. The number of anilines is 1. The molecule has 1 aliphatic rings. The summed E-state index contributed by atoms with van der Waals surface area (Å²) in [4.78, 5) is 37.4. The Bertz CT molecular complexity index is 790. The second-order valence-electron chi connectivity index (χ2n) is 4.84. The van der Waals surface area contributed by atoms with Crippen LogP contribution in [0.3, 0.4) is 0 Å². The first kappa shape index (κ1) is 13.8. The third-order valence-corrected chi connectivity index (χ3v) is 3.39. The molecule has 1 aliphatic heterocycles. The van der Waals surface area contributed by atoms with Crippen LogP contribution in [0.15, 0.2) is 54.2 Å². The quantitative estimate of drug-likeness (QED) is 0.677. The highest BCUT2D eigenvalue weighted by molar-refractivity contribution is 6.39. The van der Waals surface area contributed by atoms with Crippen LogP contribution in [0.25, 0.3) is 6.08 Å². The number of aromatic nitrogens is 1. The molecule has 22 heavy (non-hydrogen) atoms. The molecule has 110 valence electrons. The zero-order valence-electron chi connectivity index (χ0n) is 11.8. The van der Waals surface area contributed by atoms with Crippen molar-refractivity contribution in [2.75, 3.05) is 4.90 Å². The van der Waals surface area contributed by atoms with Gasteiger partial charge in [-0.1, -0.05) is 18.2 Å². The summed E-state index contributed by atoms with van der Waals surface area (Å²) in [6.45, 7) is 0. The minimum atomic E-state index is -0.745. The minimum Gasteiger partial charge on any atom is -0.351 e. The fraction of sp³-hybridized carbons (Fsp3) is 0.0625. The maximum atomic E-state index is 12.6. The number of benzene rings is 1. The number of nitrogens with zero attached hydrogens (tertiary/aromatic N) is 2. The number of aryl methyl sites for hydroxylation is 1. The number of carbonyl (C=O) groups excluding carboxylic acids is 3. The van der Waals surface area contributed by atoms with Crippen molar-refractivity contribution in [2.45, 2.75) is 0 Å². The number of carbonyl (C=O) groups is 3.